The fourth-order valence-corrected chi connectivity index (χ4v) is 5.00. The van der Waals surface area contributed by atoms with Gasteiger partial charge < -0.3 is 0 Å². The second-order valence-electron chi connectivity index (χ2n) is 7.26. The van der Waals surface area contributed by atoms with Gasteiger partial charge in [0.05, 0.1) is 10.6 Å². The number of sulfonamides is 1. The number of aryl methyl sites for hydroxylation is 1. The van der Waals surface area contributed by atoms with Crippen LogP contribution in [0.3, 0.4) is 0 Å². The van der Waals surface area contributed by atoms with E-state index in [1.165, 1.54) is 28.6 Å². The molecular weight excluding hydrogens is 414 g/mol. The van der Waals surface area contributed by atoms with Crippen LogP contribution in [0.1, 0.15) is 31.8 Å². The Morgan fingerprint density at radius 3 is 2.26 bits per heavy atom. The number of carbonyl (C=O) groups is 2. The summed E-state index contributed by atoms with van der Waals surface area (Å²) in [5, 5.41) is 0. The first-order valence-corrected chi connectivity index (χ1v) is 11.2. The molecule has 1 aliphatic heterocycles. The van der Waals surface area contributed by atoms with Gasteiger partial charge in [-0.2, -0.15) is 0 Å². The molecule has 1 heterocycles. The smallest absolute Gasteiger partial charge is 0.267 e. The van der Waals surface area contributed by atoms with Crippen LogP contribution < -0.4 is 15.2 Å². The molecule has 0 saturated heterocycles. The average molecular weight is 436 g/mol. The summed E-state index contributed by atoms with van der Waals surface area (Å²) in [4.78, 5) is 24.7. The molecule has 0 bridgehead atoms. The number of fused-ring (bicyclic) bond motifs is 1. The quantitative estimate of drug-likeness (QED) is 0.616. The van der Waals surface area contributed by atoms with Crippen molar-refractivity contribution in [2.24, 2.45) is 0 Å². The number of hydrazine groups is 1. The van der Waals surface area contributed by atoms with Crippen molar-refractivity contribution in [1.29, 1.82) is 0 Å². The maximum atomic E-state index is 13.2. The molecule has 1 aliphatic rings. The number of nitrogens with one attached hydrogen (secondary N) is 2. The number of para-hydroxylation sites is 1. The number of hydrogen-bond acceptors (Lipinski definition) is 4. The molecule has 2 amide bonds. The molecule has 7 nitrogen and oxygen atoms in total. The van der Waals surface area contributed by atoms with Gasteiger partial charge in [-0.1, -0.05) is 42.0 Å². The predicted molar refractivity (Wildman–Crippen MR) is 117 cm³/mol. The normalized spacial score (nSPS) is 12.9. The summed E-state index contributed by atoms with van der Waals surface area (Å²) in [5.74, 6) is -1.08. The lowest BCUT2D eigenvalue weighted by Crippen LogP contribution is -2.41. The fourth-order valence-electron chi connectivity index (χ4n) is 3.45. The predicted octanol–water partition coefficient (Wildman–Crippen LogP) is 2.82. The molecule has 31 heavy (non-hydrogen) atoms. The van der Waals surface area contributed by atoms with E-state index in [1.54, 1.807) is 36.4 Å². The summed E-state index contributed by atoms with van der Waals surface area (Å²) in [6, 6.07) is 20.0. The summed E-state index contributed by atoms with van der Waals surface area (Å²) in [6.07, 6.45) is 0.640. The number of nitrogens with zero attached hydrogens (tertiary/aromatic N) is 1. The van der Waals surface area contributed by atoms with Crippen molar-refractivity contribution in [1.82, 2.24) is 10.9 Å². The van der Waals surface area contributed by atoms with E-state index in [0.717, 1.165) is 11.1 Å². The third kappa shape index (κ3) is 4.15. The number of amides is 2. The molecule has 3 aromatic rings. The Bertz CT molecular complexity index is 1250. The van der Waals surface area contributed by atoms with E-state index >= 15 is 0 Å². The summed E-state index contributed by atoms with van der Waals surface area (Å²) in [7, 11) is -3.82. The van der Waals surface area contributed by atoms with Gasteiger partial charge in [0.1, 0.15) is 0 Å². The van der Waals surface area contributed by atoms with E-state index in [4.69, 9.17) is 0 Å². The van der Waals surface area contributed by atoms with Crippen LogP contribution in [0.4, 0.5) is 5.69 Å². The highest BCUT2D eigenvalue weighted by atomic mass is 32.2. The van der Waals surface area contributed by atoms with Gasteiger partial charge in [0.2, 0.25) is 0 Å². The van der Waals surface area contributed by atoms with Gasteiger partial charge in [-0.25, -0.2) is 8.42 Å². The topological polar surface area (TPSA) is 95.6 Å². The molecule has 0 atom stereocenters. The second-order valence-corrected chi connectivity index (χ2v) is 9.12. The van der Waals surface area contributed by atoms with Crippen LogP contribution in [0.2, 0.25) is 0 Å². The minimum absolute atomic E-state index is 0.0155. The Hall–Kier alpha value is -3.65. The Morgan fingerprint density at radius 1 is 0.839 bits per heavy atom. The lowest BCUT2D eigenvalue weighted by Gasteiger charge is -2.20. The number of anilines is 1. The van der Waals surface area contributed by atoms with E-state index < -0.39 is 21.8 Å². The minimum Gasteiger partial charge on any atom is -0.267 e. The van der Waals surface area contributed by atoms with Gasteiger partial charge in [0.15, 0.2) is 0 Å². The first-order chi connectivity index (χ1) is 14.9. The van der Waals surface area contributed by atoms with Gasteiger partial charge in [-0.3, -0.25) is 24.7 Å². The van der Waals surface area contributed by atoms with Gasteiger partial charge in [-0.15, -0.1) is 0 Å². The van der Waals surface area contributed by atoms with Crippen molar-refractivity contribution < 1.29 is 18.0 Å². The molecule has 4 rings (SSSR count). The average Bonchev–Trinajstić information content (AvgIpc) is 3.23. The van der Waals surface area contributed by atoms with E-state index in [1.807, 2.05) is 19.1 Å². The Balaban J connectivity index is 1.49. The highest BCUT2D eigenvalue weighted by Gasteiger charge is 2.30. The van der Waals surface area contributed by atoms with Gasteiger partial charge >= 0.3 is 0 Å². The monoisotopic (exact) mass is 435 g/mol. The van der Waals surface area contributed by atoms with Gasteiger partial charge in [0.25, 0.3) is 21.8 Å². The summed E-state index contributed by atoms with van der Waals surface area (Å²) < 4.78 is 27.7. The van der Waals surface area contributed by atoms with Crippen LogP contribution in [0.5, 0.6) is 0 Å². The molecular formula is C23H21N3O4S. The van der Waals surface area contributed by atoms with Crippen molar-refractivity contribution in [2.75, 3.05) is 10.8 Å². The zero-order valence-electron chi connectivity index (χ0n) is 16.8. The number of hydrogen-bond donors (Lipinski definition) is 2. The maximum absolute atomic E-state index is 13.2. The standard InChI is InChI=1S/C23H21N3O4S/c1-16-9-11-18(12-10-16)22(27)24-25-23(28)19-6-4-7-20(15-19)31(29,30)26-14-13-17-5-2-3-8-21(17)26/h2-12,15H,13-14H2,1H3,(H,24,27)(H,25,28). The Labute approximate surface area is 180 Å². The summed E-state index contributed by atoms with van der Waals surface area (Å²) >= 11 is 0. The highest BCUT2D eigenvalue weighted by molar-refractivity contribution is 7.92. The largest absolute Gasteiger partial charge is 0.269 e. The van der Waals surface area contributed by atoms with E-state index in [2.05, 4.69) is 10.9 Å². The van der Waals surface area contributed by atoms with Crippen molar-refractivity contribution in [3.05, 3.63) is 95.1 Å². The van der Waals surface area contributed by atoms with Crippen molar-refractivity contribution in [3.63, 3.8) is 0 Å². The lowest BCUT2D eigenvalue weighted by atomic mass is 10.1. The zero-order valence-corrected chi connectivity index (χ0v) is 17.6. The fraction of sp³-hybridized carbons (Fsp3) is 0.130. The first kappa shape index (κ1) is 20.6. The third-order valence-corrected chi connectivity index (χ3v) is 6.94. The van der Waals surface area contributed by atoms with E-state index in [-0.39, 0.29) is 10.5 Å². The maximum Gasteiger partial charge on any atom is 0.269 e. The molecule has 0 aliphatic carbocycles. The second kappa shape index (κ2) is 8.23. The number of rotatable bonds is 4. The van der Waals surface area contributed by atoms with Crippen LogP contribution in [0.15, 0.2) is 77.7 Å². The molecule has 158 valence electrons. The first-order valence-electron chi connectivity index (χ1n) is 9.74. The Morgan fingerprint density at radius 2 is 1.52 bits per heavy atom. The van der Waals surface area contributed by atoms with Crippen LogP contribution in [0.25, 0.3) is 0 Å². The van der Waals surface area contributed by atoms with E-state index in [0.29, 0.717) is 24.2 Å². The minimum atomic E-state index is -3.82. The van der Waals surface area contributed by atoms with Crippen molar-refractivity contribution in [3.8, 4) is 0 Å². The van der Waals surface area contributed by atoms with Crippen LogP contribution in [-0.4, -0.2) is 26.8 Å². The van der Waals surface area contributed by atoms with Crippen molar-refractivity contribution >= 4 is 27.5 Å². The molecule has 0 aromatic heterocycles. The molecule has 0 saturated carbocycles. The molecule has 8 heteroatoms. The molecule has 0 unspecified atom stereocenters. The molecule has 0 radical (unpaired) electrons. The SMILES string of the molecule is Cc1ccc(C(=O)NNC(=O)c2cccc(S(=O)(=O)N3CCc4ccccc43)c2)cc1. The van der Waals surface area contributed by atoms with Crippen LogP contribution in [0, 0.1) is 6.92 Å². The highest BCUT2D eigenvalue weighted by Crippen LogP contribution is 2.32. The zero-order chi connectivity index (χ0) is 22.0. The Kier molecular flexibility index (Phi) is 5.48. The van der Waals surface area contributed by atoms with E-state index in [9.17, 15) is 18.0 Å². The molecule has 0 spiro atoms. The molecule has 2 N–H and O–H groups in total. The lowest BCUT2D eigenvalue weighted by molar-refractivity contribution is 0.0846. The summed E-state index contributed by atoms with van der Waals surface area (Å²) in [6.45, 7) is 2.26. The molecule has 0 fully saturated rings. The third-order valence-electron chi connectivity index (χ3n) is 5.13. The number of carbonyl (C=O) groups excluding carboxylic acids is 2. The van der Waals surface area contributed by atoms with Crippen LogP contribution in [-0.2, 0) is 16.4 Å². The summed E-state index contributed by atoms with van der Waals surface area (Å²) in [5.41, 5.74) is 7.83. The van der Waals surface area contributed by atoms with Crippen LogP contribution >= 0.6 is 0 Å². The van der Waals surface area contributed by atoms with Gasteiger partial charge in [-0.05, 0) is 55.3 Å². The molecule has 3 aromatic carbocycles. The number of benzene rings is 3. The van der Waals surface area contributed by atoms with Crippen molar-refractivity contribution in [2.45, 2.75) is 18.2 Å². The van der Waals surface area contributed by atoms with Gasteiger partial charge in [0, 0.05) is 17.7 Å².